The number of benzene rings is 5. The molecule has 0 radical (unpaired) electrons. The average molecular weight is 951 g/mol. The summed E-state index contributed by atoms with van der Waals surface area (Å²) in [6.07, 6.45) is 36.6. The lowest BCUT2D eigenvalue weighted by Gasteiger charge is -2.19. The van der Waals surface area contributed by atoms with E-state index in [0.717, 1.165) is 97.0 Å². The highest BCUT2D eigenvalue weighted by atomic mass is 16.5. The predicted molar refractivity (Wildman–Crippen MR) is 302 cm³/mol. The van der Waals surface area contributed by atoms with Crippen LogP contribution in [0.2, 0.25) is 0 Å². The van der Waals surface area contributed by atoms with Crippen LogP contribution < -0.4 is 18.9 Å². The van der Waals surface area contributed by atoms with Crippen molar-refractivity contribution < 1.29 is 18.9 Å². The molecular formula is C66H94O4. The molecule has 0 aliphatic rings. The van der Waals surface area contributed by atoms with Gasteiger partial charge in [0.25, 0.3) is 0 Å². The Morgan fingerprint density at radius 2 is 0.457 bits per heavy atom. The smallest absolute Gasteiger partial charge is 0.128 e. The van der Waals surface area contributed by atoms with E-state index in [1.165, 1.54) is 164 Å². The number of ether oxygens (including phenoxy) is 4. The fourth-order valence-corrected chi connectivity index (χ4v) is 9.34. The van der Waals surface area contributed by atoms with Crippen LogP contribution in [0.15, 0.2) is 109 Å². The maximum Gasteiger partial charge on any atom is 0.128 e. The number of unbranched alkanes of at least 4 members (excludes halogenated alkanes) is 24. The lowest BCUT2D eigenvalue weighted by molar-refractivity contribution is 0.303. The van der Waals surface area contributed by atoms with Gasteiger partial charge in [-0.25, -0.2) is 0 Å². The van der Waals surface area contributed by atoms with Gasteiger partial charge in [-0.05, 0) is 95.5 Å². The third-order valence-electron chi connectivity index (χ3n) is 13.9. The van der Waals surface area contributed by atoms with Crippen LogP contribution in [0, 0.1) is 0 Å². The van der Waals surface area contributed by atoms with Crippen molar-refractivity contribution in [1.29, 1.82) is 0 Å². The van der Waals surface area contributed by atoms with Crippen LogP contribution in [0.1, 0.15) is 207 Å². The minimum atomic E-state index is 0.669. The van der Waals surface area contributed by atoms with Crippen molar-refractivity contribution in [3.63, 3.8) is 0 Å². The molecule has 0 aliphatic carbocycles. The molecule has 0 aliphatic heterocycles. The zero-order valence-corrected chi connectivity index (χ0v) is 44.7. The fraction of sp³-hybridized carbons (Fsp3) is 0.545. The van der Waals surface area contributed by atoms with Crippen molar-refractivity contribution in [1.82, 2.24) is 0 Å². The Kier molecular flexibility index (Phi) is 28.4. The molecule has 0 amide bonds. The van der Waals surface area contributed by atoms with Gasteiger partial charge < -0.3 is 18.9 Å². The summed E-state index contributed by atoms with van der Waals surface area (Å²) in [6, 6.07) is 39.3. The Bertz CT molecular complexity index is 1900. The quantitative estimate of drug-likeness (QED) is 0.0367. The van der Waals surface area contributed by atoms with Crippen molar-refractivity contribution >= 4 is 0 Å². The Hall–Kier alpha value is -4.70. The van der Waals surface area contributed by atoms with Crippen LogP contribution in [-0.2, 0) is 0 Å². The van der Waals surface area contributed by atoms with Gasteiger partial charge >= 0.3 is 0 Å². The summed E-state index contributed by atoms with van der Waals surface area (Å²) in [5, 5.41) is 0. The highest BCUT2D eigenvalue weighted by molar-refractivity contribution is 5.83. The van der Waals surface area contributed by atoms with E-state index >= 15 is 0 Å². The molecule has 0 heterocycles. The van der Waals surface area contributed by atoms with Gasteiger partial charge in [0.05, 0.1) is 26.4 Å². The minimum absolute atomic E-state index is 0.669. The first-order valence-corrected chi connectivity index (χ1v) is 28.7. The van der Waals surface area contributed by atoms with Gasteiger partial charge in [-0.2, -0.15) is 0 Å². The maximum absolute atomic E-state index is 6.59. The van der Waals surface area contributed by atoms with Crippen LogP contribution in [0.25, 0.3) is 44.5 Å². The summed E-state index contributed by atoms with van der Waals surface area (Å²) in [7, 11) is 0. The van der Waals surface area contributed by atoms with E-state index in [0.29, 0.717) is 13.2 Å². The molecular weight excluding hydrogens is 857 g/mol. The zero-order valence-electron chi connectivity index (χ0n) is 44.7. The maximum atomic E-state index is 6.59. The first-order chi connectivity index (χ1) is 34.6. The van der Waals surface area contributed by atoms with Crippen molar-refractivity contribution in [2.75, 3.05) is 26.4 Å². The Morgan fingerprint density at radius 1 is 0.229 bits per heavy atom. The summed E-state index contributed by atoms with van der Waals surface area (Å²) in [5.74, 6) is 3.66. The average Bonchev–Trinajstić information content (AvgIpc) is 3.40. The van der Waals surface area contributed by atoms with E-state index in [-0.39, 0.29) is 0 Å². The summed E-state index contributed by atoms with van der Waals surface area (Å²) in [5.41, 5.74) is 9.05. The largest absolute Gasteiger partial charge is 0.494 e. The molecule has 4 heteroatoms. The standard InChI is InChI=1S/C66H94O4/c1-5-9-13-15-17-19-21-23-25-27-29-31-51-67-61-45-41-57(42-46-61)55-33-37-59(38-34-55)63-53-66(70-50-12-8-4)64(54-65(63)69-49-11-7-3)60-39-35-56(36-40-60)58-43-47-62(48-44-58)68-52-32-30-28-26-24-22-20-18-16-14-10-6-2/h33-48,53-54H,5-32,49-52H2,1-4H3. The van der Waals surface area contributed by atoms with E-state index in [2.05, 4.69) is 137 Å². The molecule has 4 nitrogen and oxygen atoms in total. The molecule has 70 heavy (non-hydrogen) atoms. The first kappa shape index (κ1) is 56.2. The summed E-state index contributed by atoms with van der Waals surface area (Å²) >= 11 is 0. The molecule has 0 aromatic heterocycles. The SMILES string of the molecule is CCCCCCCCCCCCCCOc1ccc(-c2ccc(-c3cc(OCCCC)c(-c4ccc(-c5ccc(OCCCCCCCCCCCCCC)cc5)cc4)cc3OCCCC)cc2)cc1. The van der Waals surface area contributed by atoms with Gasteiger partial charge in [0.1, 0.15) is 23.0 Å². The fourth-order valence-electron chi connectivity index (χ4n) is 9.34. The highest BCUT2D eigenvalue weighted by Crippen LogP contribution is 2.42. The third-order valence-corrected chi connectivity index (χ3v) is 13.9. The van der Waals surface area contributed by atoms with Crippen LogP contribution in [0.3, 0.4) is 0 Å². The van der Waals surface area contributed by atoms with Gasteiger partial charge in [0.15, 0.2) is 0 Å². The van der Waals surface area contributed by atoms with Crippen molar-refractivity contribution in [3.8, 4) is 67.5 Å². The van der Waals surface area contributed by atoms with Crippen molar-refractivity contribution in [2.45, 2.75) is 207 Å². The molecule has 0 fully saturated rings. The molecule has 0 spiro atoms. The van der Waals surface area contributed by atoms with Crippen molar-refractivity contribution in [2.24, 2.45) is 0 Å². The van der Waals surface area contributed by atoms with Crippen molar-refractivity contribution in [3.05, 3.63) is 109 Å². The van der Waals surface area contributed by atoms with Gasteiger partial charge in [-0.15, -0.1) is 0 Å². The topological polar surface area (TPSA) is 36.9 Å². The highest BCUT2D eigenvalue weighted by Gasteiger charge is 2.17. The summed E-state index contributed by atoms with van der Waals surface area (Å²) in [6.45, 7) is 11.9. The van der Waals surface area contributed by atoms with Gasteiger partial charge in [0.2, 0.25) is 0 Å². The molecule has 5 rings (SSSR count). The van der Waals surface area contributed by atoms with Crippen LogP contribution in [0.4, 0.5) is 0 Å². The number of hydrogen-bond donors (Lipinski definition) is 0. The van der Waals surface area contributed by atoms with E-state index in [9.17, 15) is 0 Å². The monoisotopic (exact) mass is 951 g/mol. The second kappa shape index (κ2) is 35.4. The Labute approximate surface area is 427 Å². The van der Waals surface area contributed by atoms with E-state index in [4.69, 9.17) is 18.9 Å². The molecule has 0 saturated heterocycles. The third kappa shape index (κ3) is 21.3. The molecule has 0 saturated carbocycles. The number of rotatable bonds is 40. The molecule has 0 atom stereocenters. The molecule has 5 aromatic carbocycles. The van der Waals surface area contributed by atoms with E-state index in [1.54, 1.807) is 0 Å². The molecule has 382 valence electrons. The van der Waals surface area contributed by atoms with Crippen LogP contribution in [-0.4, -0.2) is 26.4 Å². The second-order valence-electron chi connectivity index (χ2n) is 19.9. The van der Waals surface area contributed by atoms with Gasteiger partial charge in [-0.3, -0.25) is 0 Å². The normalized spacial score (nSPS) is 11.3. The zero-order chi connectivity index (χ0) is 49.1. The Morgan fingerprint density at radius 3 is 0.743 bits per heavy atom. The Balaban J connectivity index is 1.14. The van der Waals surface area contributed by atoms with E-state index < -0.39 is 0 Å². The minimum Gasteiger partial charge on any atom is -0.494 e. The molecule has 0 bridgehead atoms. The summed E-state index contributed by atoms with van der Waals surface area (Å²) < 4.78 is 25.5. The molecule has 0 N–H and O–H groups in total. The number of hydrogen-bond acceptors (Lipinski definition) is 4. The van der Waals surface area contributed by atoms with Gasteiger partial charge in [-0.1, -0.05) is 255 Å². The first-order valence-electron chi connectivity index (χ1n) is 28.7. The van der Waals surface area contributed by atoms with Gasteiger partial charge in [0, 0.05) is 11.1 Å². The lowest BCUT2D eigenvalue weighted by atomic mass is 9.95. The lowest BCUT2D eigenvalue weighted by Crippen LogP contribution is -2.02. The molecule has 5 aromatic rings. The predicted octanol–water partition coefficient (Wildman–Crippen LogP) is 20.9. The van der Waals surface area contributed by atoms with Crippen LogP contribution >= 0.6 is 0 Å². The molecule has 0 unspecified atom stereocenters. The summed E-state index contributed by atoms with van der Waals surface area (Å²) in [4.78, 5) is 0. The van der Waals surface area contributed by atoms with E-state index in [1.807, 2.05) is 0 Å². The second-order valence-corrected chi connectivity index (χ2v) is 19.9. The van der Waals surface area contributed by atoms with Crippen LogP contribution in [0.5, 0.6) is 23.0 Å².